The van der Waals surface area contributed by atoms with Crippen molar-refractivity contribution in [2.75, 3.05) is 63.4 Å². The number of para-hydroxylation sites is 1. The number of aromatic amines is 1. The Bertz CT molecular complexity index is 907. The van der Waals surface area contributed by atoms with Gasteiger partial charge in [-0.2, -0.15) is 0 Å². The van der Waals surface area contributed by atoms with Gasteiger partial charge in [-0.25, -0.2) is 9.78 Å². The molecule has 0 bridgehead atoms. The molecule has 2 heterocycles. The van der Waals surface area contributed by atoms with Crippen molar-refractivity contribution >= 4 is 28.4 Å². The van der Waals surface area contributed by atoms with E-state index in [1.54, 1.807) is 25.4 Å². The number of nitrogens with one attached hydrogen (secondary N) is 2. The minimum absolute atomic E-state index is 0.0335. The molecule has 1 saturated heterocycles. The van der Waals surface area contributed by atoms with Crippen molar-refractivity contribution in [3.8, 4) is 0 Å². The molecular weight excluding hydrogens is 382 g/mol. The minimum atomic E-state index is -0.0335. The van der Waals surface area contributed by atoms with Gasteiger partial charge in [0.15, 0.2) is 0 Å². The van der Waals surface area contributed by atoms with Crippen molar-refractivity contribution in [3.05, 3.63) is 54.9 Å². The van der Waals surface area contributed by atoms with Crippen molar-refractivity contribution < 1.29 is 14.3 Å². The Morgan fingerprint density at radius 2 is 1.80 bits per heavy atom. The number of hydrogen-bond donors (Lipinski definition) is 2. The highest BCUT2D eigenvalue weighted by atomic mass is 16.5. The molecule has 1 fully saturated rings. The zero-order valence-electron chi connectivity index (χ0n) is 17.5. The molecule has 8 heteroatoms. The monoisotopic (exact) mass is 411 g/mol. The van der Waals surface area contributed by atoms with E-state index in [9.17, 15) is 4.79 Å². The van der Waals surface area contributed by atoms with Crippen LogP contribution in [0.1, 0.15) is 0 Å². The quantitative estimate of drug-likeness (QED) is 0.596. The van der Waals surface area contributed by atoms with Gasteiger partial charge in [-0.1, -0.05) is 18.2 Å². The second-order valence-electron chi connectivity index (χ2n) is 6.80. The first-order chi connectivity index (χ1) is 14.7. The fraction of sp³-hybridized carbons (Fsp3) is 0.364. The molecule has 8 nitrogen and oxygen atoms in total. The van der Waals surface area contributed by atoms with Crippen molar-refractivity contribution in [2.24, 2.45) is 0 Å². The van der Waals surface area contributed by atoms with Gasteiger partial charge in [0.1, 0.15) is 0 Å². The summed E-state index contributed by atoms with van der Waals surface area (Å²) < 4.78 is 10.2. The van der Waals surface area contributed by atoms with Gasteiger partial charge in [-0.3, -0.25) is 4.90 Å². The molecule has 3 aromatic rings. The summed E-state index contributed by atoms with van der Waals surface area (Å²) in [6.45, 7) is 4.68. The van der Waals surface area contributed by atoms with Crippen LogP contribution in [0.3, 0.4) is 0 Å². The predicted molar refractivity (Wildman–Crippen MR) is 119 cm³/mol. The van der Waals surface area contributed by atoms with Crippen LogP contribution in [0.2, 0.25) is 0 Å². The van der Waals surface area contributed by atoms with Crippen LogP contribution in [0.15, 0.2) is 54.9 Å². The maximum absolute atomic E-state index is 11.4. The highest BCUT2D eigenvalue weighted by molar-refractivity contribution is 5.95. The Kier molecular flexibility index (Phi) is 8.05. The summed E-state index contributed by atoms with van der Waals surface area (Å²) in [4.78, 5) is 22.6. The Labute approximate surface area is 176 Å². The van der Waals surface area contributed by atoms with Crippen LogP contribution in [-0.2, 0) is 9.47 Å². The maximum atomic E-state index is 11.4. The summed E-state index contributed by atoms with van der Waals surface area (Å²) in [5.41, 5.74) is 3.99. The molecule has 2 N–H and O–H groups in total. The lowest BCUT2D eigenvalue weighted by Gasteiger charge is -2.24. The van der Waals surface area contributed by atoms with Gasteiger partial charge in [0.2, 0.25) is 0 Å². The fourth-order valence-electron chi connectivity index (χ4n) is 3.22. The lowest BCUT2D eigenvalue weighted by molar-refractivity contribution is 0.190. The first-order valence-electron chi connectivity index (χ1n) is 9.99. The average molecular weight is 412 g/mol. The van der Waals surface area contributed by atoms with Crippen LogP contribution in [0.4, 0.5) is 16.2 Å². The number of methoxy groups -OCH3 is 2. The summed E-state index contributed by atoms with van der Waals surface area (Å²) in [7, 11) is 3.44. The number of benzene rings is 2. The molecule has 160 valence electrons. The number of anilines is 2. The topological polar surface area (TPSA) is 82.7 Å². The molecular formula is C22H29N5O3. The molecule has 1 aliphatic rings. The first kappa shape index (κ1) is 21.6. The van der Waals surface area contributed by atoms with Gasteiger partial charge in [0.25, 0.3) is 0 Å². The van der Waals surface area contributed by atoms with E-state index >= 15 is 0 Å². The highest BCUT2D eigenvalue weighted by Crippen LogP contribution is 2.20. The van der Waals surface area contributed by atoms with Gasteiger partial charge in [-0.05, 0) is 30.3 Å². The maximum Gasteiger partial charge on any atom is 0.321 e. The van der Waals surface area contributed by atoms with Crippen LogP contribution in [0.5, 0.6) is 0 Å². The fourth-order valence-corrected chi connectivity index (χ4v) is 3.22. The van der Waals surface area contributed by atoms with Gasteiger partial charge in [0, 0.05) is 51.8 Å². The zero-order chi connectivity index (χ0) is 21.2. The molecule has 0 unspecified atom stereocenters. The molecule has 1 aromatic heterocycles. The van der Waals surface area contributed by atoms with Crippen LogP contribution in [-0.4, -0.2) is 69.6 Å². The standard InChI is InChI=1S/C12H19NO2.C10H10N4O/c1-14-10-8-13(9-11-15-2)12-6-4-3-5-7-12;15-10-11-3-4-14(10)7-1-2-8-9(5-7)13-6-12-8/h3-7H,8-11H2,1-2H3;1-2,5-6H,3-4H2,(H,11,15)(H,12,13). The lowest BCUT2D eigenvalue weighted by Crippen LogP contribution is -2.30. The molecule has 0 saturated carbocycles. The lowest BCUT2D eigenvalue weighted by atomic mass is 10.2. The number of ether oxygens (including phenoxy) is 2. The van der Waals surface area contributed by atoms with Crippen molar-refractivity contribution in [2.45, 2.75) is 0 Å². The molecule has 1 aliphatic heterocycles. The van der Waals surface area contributed by atoms with E-state index < -0.39 is 0 Å². The van der Waals surface area contributed by atoms with Crippen LogP contribution in [0, 0.1) is 0 Å². The largest absolute Gasteiger partial charge is 0.383 e. The van der Waals surface area contributed by atoms with Gasteiger partial charge >= 0.3 is 6.03 Å². The van der Waals surface area contributed by atoms with E-state index in [0.717, 1.165) is 49.6 Å². The molecule has 0 aliphatic carbocycles. The molecule has 0 radical (unpaired) electrons. The SMILES string of the molecule is COCCN(CCOC)c1ccccc1.O=C1NCCN1c1ccc2nc[nH]c2c1. The van der Waals surface area contributed by atoms with Gasteiger partial charge in [0.05, 0.1) is 30.6 Å². The van der Waals surface area contributed by atoms with Crippen LogP contribution < -0.4 is 15.1 Å². The number of H-pyrrole nitrogens is 1. The number of fused-ring (bicyclic) bond motifs is 1. The number of hydrogen-bond acceptors (Lipinski definition) is 5. The van der Waals surface area contributed by atoms with E-state index in [1.165, 1.54) is 5.69 Å². The van der Waals surface area contributed by atoms with E-state index in [-0.39, 0.29) is 6.03 Å². The van der Waals surface area contributed by atoms with Crippen LogP contribution in [0.25, 0.3) is 11.0 Å². The number of rotatable bonds is 8. The van der Waals surface area contributed by atoms with Crippen molar-refractivity contribution in [1.29, 1.82) is 0 Å². The van der Waals surface area contributed by atoms with E-state index in [1.807, 2.05) is 36.4 Å². The molecule has 0 spiro atoms. The Hall–Kier alpha value is -3.10. The Morgan fingerprint density at radius 1 is 1.07 bits per heavy atom. The molecule has 2 amide bonds. The molecule has 2 aromatic carbocycles. The number of aromatic nitrogens is 2. The summed E-state index contributed by atoms with van der Waals surface area (Å²) in [5.74, 6) is 0. The third kappa shape index (κ3) is 5.71. The minimum Gasteiger partial charge on any atom is -0.383 e. The summed E-state index contributed by atoms with van der Waals surface area (Å²) in [6.07, 6.45) is 1.65. The number of imidazole rings is 1. The smallest absolute Gasteiger partial charge is 0.321 e. The summed E-state index contributed by atoms with van der Waals surface area (Å²) >= 11 is 0. The molecule has 4 rings (SSSR count). The zero-order valence-corrected chi connectivity index (χ0v) is 17.5. The van der Waals surface area contributed by atoms with Crippen LogP contribution >= 0.6 is 0 Å². The number of nitrogens with zero attached hydrogens (tertiary/aromatic N) is 3. The number of carbonyl (C=O) groups excluding carboxylic acids is 1. The summed E-state index contributed by atoms with van der Waals surface area (Å²) in [5, 5.41) is 2.77. The average Bonchev–Trinajstić information content (AvgIpc) is 3.43. The van der Waals surface area contributed by atoms with E-state index in [4.69, 9.17) is 9.47 Å². The highest BCUT2D eigenvalue weighted by Gasteiger charge is 2.21. The third-order valence-corrected chi connectivity index (χ3v) is 4.82. The second kappa shape index (κ2) is 11.2. The molecule has 30 heavy (non-hydrogen) atoms. The van der Waals surface area contributed by atoms with Gasteiger partial charge < -0.3 is 24.7 Å². The third-order valence-electron chi connectivity index (χ3n) is 4.82. The Morgan fingerprint density at radius 3 is 2.43 bits per heavy atom. The second-order valence-corrected chi connectivity index (χ2v) is 6.80. The molecule has 0 atom stereocenters. The summed E-state index contributed by atoms with van der Waals surface area (Å²) in [6, 6.07) is 16.0. The predicted octanol–water partition coefficient (Wildman–Crippen LogP) is 2.88. The van der Waals surface area contributed by atoms with Crippen molar-refractivity contribution in [3.63, 3.8) is 0 Å². The van der Waals surface area contributed by atoms with E-state index in [0.29, 0.717) is 6.54 Å². The Balaban J connectivity index is 0.000000171. The van der Waals surface area contributed by atoms with Crippen molar-refractivity contribution in [1.82, 2.24) is 15.3 Å². The number of urea groups is 1. The number of carbonyl (C=O) groups is 1. The first-order valence-corrected chi connectivity index (χ1v) is 9.99. The normalized spacial score (nSPS) is 13.1. The van der Waals surface area contributed by atoms with Gasteiger partial charge in [-0.15, -0.1) is 0 Å². The number of amides is 2. The van der Waals surface area contributed by atoms with E-state index in [2.05, 4.69) is 32.3 Å².